The molecule has 1 heterocycles. The SMILES string of the molecule is COC(=O)C(C)SCc1nc(C2CC2)n[nH]1. The molecule has 1 atom stereocenters. The molecule has 5 nitrogen and oxygen atoms in total. The fourth-order valence-corrected chi connectivity index (χ4v) is 2.11. The standard InChI is InChI=1S/C10H15N3O2S/c1-6(10(14)15-2)16-5-8-11-9(13-12-8)7-3-4-7/h6-7H,3-5H2,1-2H3,(H,11,12,13). The van der Waals surface area contributed by atoms with Crippen LogP contribution in [0.15, 0.2) is 0 Å². The maximum Gasteiger partial charge on any atom is 0.318 e. The number of esters is 1. The van der Waals surface area contributed by atoms with E-state index >= 15 is 0 Å². The van der Waals surface area contributed by atoms with E-state index in [0.29, 0.717) is 11.7 Å². The summed E-state index contributed by atoms with van der Waals surface area (Å²) in [6.45, 7) is 1.83. The molecule has 1 aliphatic carbocycles. The van der Waals surface area contributed by atoms with E-state index in [1.54, 1.807) is 0 Å². The third-order valence-corrected chi connectivity index (χ3v) is 3.63. The van der Waals surface area contributed by atoms with Crippen LogP contribution >= 0.6 is 11.8 Å². The predicted octanol–water partition coefficient (Wildman–Crippen LogP) is 1.48. The first-order valence-electron chi connectivity index (χ1n) is 5.31. The van der Waals surface area contributed by atoms with Gasteiger partial charge in [-0.3, -0.25) is 9.89 Å². The van der Waals surface area contributed by atoms with Gasteiger partial charge in [0.1, 0.15) is 11.1 Å². The van der Waals surface area contributed by atoms with Crippen molar-refractivity contribution in [3.63, 3.8) is 0 Å². The number of carbonyl (C=O) groups is 1. The van der Waals surface area contributed by atoms with E-state index in [1.165, 1.54) is 31.7 Å². The van der Waals surface area contributed by atoms with Crippen molar-refractivity contribution in [2.24, 2.45) is 0 Å². The van der Waals surface area contributed by atoms with Crippen molar-refractivity contribution in [1.82, 2.24) is 15.2 Å². The summed E-state index contributed by atoms with van der Waals surface area (Å²) in [6.07, 6.45) is 2.39. The summed E-state index contributed by atoms with van der Waals surface area (Å²) < 4.78 is 4.65. The van der Waals surface area contributed by atoms with Crippen molar-refractivity contribution in [1.29, 1.82) is 0 Å². The number of methoxy groups -OCH3 is 1. The number of H-pyrrole nitrogens is 1. The van der Waals surface area contributed by atoms with Crippen LogP contribution in [0.3, 0.4) is 0 Å². The number of aromatic nitrogens is 3. The van der Waals surface area contributed by atoms with Gasteiger partial charge in [0.2, 0.25) is 0 Å². The number of carbonyl (C=O) groups excluding carboxylic acids is 1. The Labute approximate surface area is 98.4 Å². The quantitative estimate of drug-likeness (QED) is 0.791. The predicted molar refractivity (Wildman–Crippen MR) is 61.1 cm³/mol. The van der Waals surface area contributed by atoms with Crippen LogP contribution in [0.1, 0.15) is 37.3 Å². The molecule has 0 spiro atoms. The average molecular weight is 241 g/mol. The third-order valence-electron chi connectivity index (χ3n) is 2.49. The summed E-state index contributed by atoms with van der Waals surface area (Å²) in [5, 5.41) is 6.89. The lowest BCUT2D eigenvalue weighted by Crippen LogP contribution is -2.15. The molecule has 1 saturated carbocycles. The first kappa shape index (κ1) is 11.4. The highest BCUT2D eigenvalue weighted by molar-refractivity contribution is 7.99. The van der Waals surface area contributed by atoms with E-state index in [0.717, 1.165) is 11.6 Å². The molecule has 0 radical (unpaired) electrons. The second kappa shape index (κ2) is 4.86. The zero-order valence-electron chi connectivity index (χ0n) is 9.40. The molecule has 1 unspecified atom stereocenters. The second-order valence-corrected chi connectivity index (χ2v) is 5.22. The van der Waals surface area contributed by atoms with E-state index < -0.39 is 0 Å². The minimum Gasteiger partial charge on any atom is -0.468 e. The molecule has 1 aromatic rings. The number of nitrogens with zero attached hydrogens (tertiary/aromatic N) is 2. The van der Waals surface area contributed by atoms with Crippen molar-refractivity contribution in [3.05, 3.63) is 11.6 Å². The summed E-state index contributed by atoms with van der Waals surface area (Å²) in [6, 6.07) is 0. The maximum absolute atomic E-state index is 11.2. The lowest BCUT2D eigenvalue weighted by molar-refractivity contribution is -0.139. The summed E-state index contributed by atoms with van der Waals surface area (Å²) in [7, 11) is 1.40. The fraction of sp³-hybridized carbons (Fsp3) is 0.700. The summed E-state index contributed by atoms with van der Waals surface area (Å²) >= 11 is 1.50. The Morgan fingerprint density at radius 2 is 2.44 bits per heavy atom. The number of hydrogen-bond acceptors (Lipinski definition) is 5. The van der Waals surface area contributed by atoms with Gasteiger partial charge in [0.25, 0.3) is 0 Å². The van der Waals surface area contributed by atoms with Crippen LogP contribution in [0.25, 0.3) is 0 Å². The summed E-state index contributed by atoms with van der Waals surface area (Å²) in [5.41, 5.74) is 0. The largest absolute Gasteiger partial charge is 0.468 e. The van der Waals surface area contributed by atoms with Crippen molar-refractivity contribution in [2.75, 3.05) is 7.11 Å². The molecule has 2 rings (SSSR count). The van der Waals surface area contributed by atoms with Crippen LogP contribution in [-0.2, 0) is 15.3 Å². The van der Waals surface area contributed by atoms with E-state index in [9.17, 15) is 4.79 Å². The monoisotopic (exact) mass is 241 g/mol. The molecule has 1 aromatic heterocycles. The molecule has 6 heteroatoms. The molecule has 0 aliphatic heterocycles. The van der Waals surface area contributed by atoms with Crippen LogP contribution < -0.4 is 0 Å². The van der Waals surface area contributed by atoms with E-state index in [-0.39, 0.29) is 11.2 Å². The highest BCUT2D eigenvalue weighted by Crippen LogP contribution is 2.37. The number of nitrogens with one attached hydrogen (secondary N) is 1. The lowest BCUT2D eigenvalue weighted by atomic mass is 10.4. The molecule has 0 bridgehead atoms. The van der Waals surface area contributed by atoms with Gasteiger partial charge in [0.05, 0.1) is 12.9 Å². The molecular weight excluding hydrogens is 226 g/mol. The first-order chi connectivity index (χ1) is 7.70. The fourth-order valence-electron chi connectivity index (χ4n) is 1.34. The van der Waals surface area contributed by atoms with E-state index in [2.05, 4.69) is 19.9 Å². The Morgan fingerprint density at radius 3 is 3.06 bits per heavy atom. The molecule has 1 N–H and O–H groups in total. The molecule has 0 amide bonds. The Bertz CT molecular complexity index is 376. The number of hydrogen-bond donors (Lipinski definition) is 1. The minimum absolute atomic E-state index is 0.167. The van der Waals surface area contributed by atoms with Crippen molar-refractivity contribution < 1.29 is 9.53 Å². The van der Waals surface area contributed by atoms with Crippen molar-refractivity contribution in [3.8, 4) is 0 Å². The van der Waals surface area contributed by atoms with Gasteiger partial charge in [0.15, 0.2) is 5.82 Å². The molecule has 88 valence electrons. The van der Waals surface area contributed by atoms with Crippen LogP contribution in [-0.4, -0.2) is 33.5 Å². The van der Waals surface area contributed by atoms with Gasteiger partial charge in [-0.15, -0.1) is 11.8 Å². The third kappa shape index (κ3) is 2.75. The van der Waals surface area contributed by atoms with Gasteiger partial charge < -0.3 is 4.74 Å². The van der Waals surface area contributed by atoms with Crippen LogP contribution in [0, 0.1) is 0 Å². The zero-order valence-corrected chi connectivity index (χ0v) is 10.2. The van der Waals surface area contributed by atoms with Gasteiger partial charge in [-0.2, -0.15) is 5.10 Å². The molecule has 16 heavy (non-hydrogen) atoms. The van der Waals surface area contributed by atoms with Crippen molar-refractivity contribution in [2.45, 2.75) is 36.7 Å². The Morgan fingerprint density at radius 1 is 1.69 bits per heavy atom. The number of rotatable bonds is 5. The normalized spacial score (nSPS) is 17.1. The summed E-state index contributed by atoms with van der Waals surface area (Å²) in [4.78, 5) is 15.6. The average Bonchev–Trinajstić information content (AvgIpc) is 3.05. The lowest BCUT2D eigenvalue weighted by Gasteiger charge is -2.06. The van der Waals surface area contributed by atoms with Gasteiger partial charge >= 0.3 is 5.97 Å². The Balaban J connectivity index is 1.82. The van der Waals surface area contributed by atoms with Crippen LogP contribution in [0.5, 0.6) is 0 Å². The van der Waals surface area contributed by atoms with Crippen LogP contribution in [0.4, 0.5) is 0 Å². The maximum atomic E-state index is 11.2. The molecule has 0 saturated heterocycles. The topological polar surface area (TPSA) is 67.9 Å². The second-order valence-electron chi connectivity index (χ2n) is 3.89. The number of aromatic amines is 1. The zero-order chi connectivity index (χ0) is 11.5. The van der Waals surface area contributed by atoms with Crippen LogP contribution in [0.2, 0.25) is 0 Å². The number of thioether (sulfide) groups is 1. The minimum atomic E-state index is -0.202. The molecule has 1 aliphatic rings. The first-order valence-corrected chi connectivity index (χ1v) is 6.36. The van der Waals surface area contributed by atoms with E-state index in [1.807, 2.05) is 6.92 Å². The number of ether oxygens (including phenoxy) is 1. The van der Waals surface area contributed by atoms with Gasteiger partial charge in [-0.1, -0.05) is 0 Å². The van der Waals surface area contributed by atoms with Gasteiger partial charge in [-0.25, -0.2) is 4.98 Å². The van der Waals surface area contributed by atoms with E-state index in [4.69, 9.17) is 0 Å². The van der Waals surface area contributed by atoms with Crippen molar-refractivity contribution >= 4 is 17.7 Å². The Kier molecular flexibility index (Phi) is 3.48. The molecule has 0 aromatic carbocycles. The highest BCUT2D eigenvalue weighted by Gasteiger charge is 2.27. The van der Waals surface area contributed by atoms with Gasteiger partial charge in [-0.05, 0) is 19.8 Å². The molecular formula is C10H15N3O2S. The smallest absolute Gasteiger partial charge is 0.318 e. The summed E-state index contributed by atoms with van der Waals surface area (Å²) in [5.74, 6) is 2.78. The molecule has 1 fully saturated rings. The highest BCUT2D eigenvalue weighted by atomic mass is 32.2. The Hall–Kier alpha value is -1.04. The van der Waals surface area contributed by atoms with Gasteiger partial charge in [0, 0.05) is 5.92 Å².